The van der Waals surface area contributed by atoms with Gasteiger partial charge in [-0.3, -0.25) is 0 Å². The van der Waals surface area contributed by atoms with Gasteiger partial charge in [0.05, 0.1) is 0 Å². The number of phenols is 1. The van der Waals surface area contributed by atoms with Crippen molar-refractivity contribution in [2.45, 2.75) is 6.92 Å². The molecule has 41 valence electrons. The highest BCUT2D eigenvalue weighted by Crippen LogP contribution is 2.07. The van der Waals surface area contributed by atoms with Crippen LogP contribution >= 0.6 is 0 Å². The zero-order valence-corrected chi connectivity index (χ0v) is 4.68. The topological polar surface area (TPSA) is 20.2 Å². The Morgan fingerprint density at radius 2 is 2.25 bits per heavy atom. The van der Waals surface area contributed by atoms with Crippen LogP contribution in [0.1, 0.15) is 5.56 Å². The van der Waals surface area contributed by atoms with E-state index in [1.165, 1.54) is 6.07 Å². The zero-order valence-electron chi connectivity index (χ0n) is 4.68. The first-order valence-corrected chi connectivity index (χ1v) is 2.46. The molecule has 0 fully saturated rings. The molecule has 0 aliphatic rings. The van der Waals surface area contributed by atoms with E-state index in [4.69, 9.17) is 5.11 Å². The van der Waals surface area contributed by atoms with Crippen LogP contribution in [0.5, 0.6) is 5.75 Å². The first-order chi connectivity index (χ1) is 3.79. The normalized spacial score (nSPS) is 9.12. The minimum atomic E-state index is 0.282. The SMILES string of the molecule is Cc1c[c]cc(O)c1. The van der Waals surface area contributed by atoms with Crippen LogP contribution in [0.2, 0.25) is 0 Å². The van der Waals surface area contributed by atoms with Crippen molar-refractivity contribution in [3.63, 3.8) is 0 Å². The second kappa shape index (κ2) is 1.86. The van der Waals surface area contributed by atoms with Gasteiger partial charge in [-0.05, 0) is 30.7 Å². The Morgan fingerprint density at radius 1 is 1.50 bits per heavy atom. The summed E-state index contributed by atoms with van der Waals surface area (Å²) in [6.45, 7) is 1.91. The van der Waals surface area contributed by atoms with Crippen LogP contribution in [-0.4, -0.2) is 5.11 Å². The van der Waals surface area contributed by atoms with Crippen molar-refractivity contribution in [3.8, 4) is 5.75 Å². The quantitative estimate of drug-likeness (QED) is 0.532. The molecule has 0 atom stereocenters. The summed E-state index contributed by atoms with van der Waals surface area (Å²) in [5.41, 5.74) is 1.03. The second-order valence-corrected chi connectivity index (χ2v) is 1.77. The average Bonchev–Trinajstić information content (AvgIpc) is 1.64. The third-order valence-corrected chi connectivity index (χ3v) is 0.918. The molecule has 0 spiro atoms. The van der Waals surface area contributed by atoms with Gasteiger partial charge >= 0.3 is 0 Å². The molecule has 0 aromatic heterocycles. The lowest BCUT2D eigenvalue weighted by Crippen LogP contribution is -1.67. The molecule has 0 amide bonds. The third kappa shape index (κ3) is 0.997. The molecule has 0 aliphatic carbocycles. The van der Waals surface area contributed by atoms with E-state index in [0.717, 1.165) is 5.56 Å². The number of aryl methyl sites for hydroxylation is 1. The Labute approximate surface area is 48.6 Å². The molecule has 1 radical (unpaired) electrons. The lowest BCUT2D eigenvalue weighted by atomic mass is 10.2. The van der Waals surface area contributed by atoms with Gasteiger partial charge in [0, 0.05) is 0 Å². The molecule has 1 nitrogen and oxygen atoms in total. The predicted octanol–water partition coefficient (Wildman–Crippen LogP) is 1.50. The van der Waals surface area contributed by atoms with E-state index in [-0.39, 0.29) is 5.75 Å². The molecule has 1 aromatic rings. The van der Waals surface area contributed by atoms with Crippen LogP contribution < -0.4 is 0 Å². The van der Waals surface area contributed by atoms with Crippen molar-refractivity contribution in [2.75, 3.05) is 0 Å². The Balaban J connectivity index is 3.08. The van der Waals surface area contributed by atoms with E-state index in [1.54, 1.807) is 6.07 Å². The van der Waals surface area contributed by atoms with E-state index in [9.17, 15) is 0 Å². The minimum absolute atomic E-state index is 0.282. The Kier molecular flexibility index (Phi) is 1.20. The molecule has 8 heavy (non-hydrogen) atoms. The summed E-state index contributed by atoms with van der Waals surface area (Å²) in [4.78, 5) is 0. The fourth-order valence-electron chi connectivity index (χ4n) is 0.575. The maximum Gasteiger partial charge on any atom is 0.116 e. The van der Waals surface area contributed by atoms with Crippen molar-refractivity contribution in [2.24, 2.45) is 0 Å². The van der Waals surface area contributed by atoms with E-state index >= 15 is 0 Å². The number of rotatable bonds is 0. The summed E-state index contributed by atoms with van der Waals surface area (Å²) in [5.74, 6) is 0.282. The fourth-order valence-corrected chi connectivity index (χ4v) is 0.575. The maximum absolute atomic E-state index is 8.78. The average molecular weight is 107 g/mol. The number of phenolic OH excluding ortho intramolecular Hbond substituents is 1. The van der Waals surface area contributed by atoms with Gasteiger partial charge in [-0.1, -0.05) is 6.07 Å². The van der Waals surface area contributed by atoms with Crippen molar-refractivity contribution in [1.29, 1.82) is 0 Å². The van der Waals surface area contributed by atoms with Crippen molar-refractivity contribution in [1.82, 2.24) is 0 Å². The molecular weight excluding hydrogens is 100 g/mol. The van der Waals surface area contributed by atoms with E-state index in [1.807, 2.05) is 13.0 Å². The number of benzene rings is 1. The predicted molar refractivity (Wildman–Crippen MR) is 31.7 cm³/mol. The summed E-state index contributed by atoms with van der Waals surface area (Å²) >= 11 is 0. The zero-order chi connectivity index (χ0) is 5.98. The monoisotopic (exact) mass is 107 g/mol. The second-order valence-electron chi connectivity index (χ2n) is 1.77. The van der Waals surface area contributed by atoms with Gasteiger partial charge in [0.15, 0.2) is 0 Å². The molecule has 1 heteroatoms. The van der Waals surface area contributed by atoms with Crippen LogP contribution in [0.15, 0.2) is 18.2 Å². The Morgan fingerprint density at radius 3 is 2.62 bits per heavy atom. The van der Waals surface area contributed by atoms with Gasteiger partial charge in [-0.25, -0.2) is 0 Å². The van der Waals surface area contributed by atoms with Crippen LogP contribution in [0.4, 0.5) is 0 Å². The molecule has 0 saturated heterocycles. The largest absolute Gasteiger partial charge is 0.508 e. The number of hydrogen-bond acceptors (Lipinski definition) is 1. The minimum Gasteiger partial charge on any atom is -0.508 e. The molecular formula is C7H7O. The van der Waals surface area contributed by atoms with Gasteiger partial charge in [0.25, 0.3) is 0 Å². The third-order valence-electron chi connectivity index (χ3n) is 0.918. The van der Waals surface area contributed by atoms with Gasteiger partial charge in [-0.2, -0.15) is 0 Å². The summed E-state index contributed by atoms with van der Waals surface area (Å²) in [5, 5.41) is 8.78. The first kappa shape index (κ1) is 5.16. The molecule has 1 aromatic carbocycles. The van der Waals surface area contributed by atoms with E-state index in [0.29, 0.717) is 0 Å². The van der Waals surface area contributed by atoms with Crippen molar-refractivity contribution in [3.05, 3.63) is 29.8 Å². The number of aromatic hydroxyl groups is 1. The molecule has 0 aliphatic heterocycles. The summed E-state index contributed by atoms with van der Waals surface area (Å²) in [7, 11) is 0. The molecule has 0 saturated carbocycles. The van der Waals surface area contributed by atoms with Crippen LogP contribution in [0.3, 0.4) is 0 Å². The van der Waals surface area contributed by atoms with E-state index < -0.39 is 0 Å². The smallest absolute Gasteiger partial charge is 0.116 e. The molecule has 0 heterocycles. The van der Waals surface area contributed by atoms with Gasteiger partial charge in [0.1, 0.15) is 5.75 Å². The van der Waals surface area contributed by atoms with Crippen LogP contribution in [0, 0.1) is 13.0 Å². The molecule has 1 rings (SSSR count). The van der Waals surface area contributed by atoms with Crippen molar-refractivity contribution >= 4 is 0 Å². The van der Waals surface area contributed by atoms with E-state index in [2.05, 4.69) is 6.07 Å². The summed E-state index contributed by atoms with van der Waals surface area (Å²) in [6, 6.07) is 7.82. The Bertz CT molecular complexity index is 164. The highest BCUT2D eigenvalue weighted by molar-refractivity contribution is 5.24. The summed E-state index contributed by atoms with van der Waals surface area (Å²) < 4.78 is 0. The first-order valence-electron chi connectivity index (χ1n) is 2.46. The summed E-state index contributed by atoms with van der Waals surface area (Å²) in [6.07, 6.45) is 0. The van der Waals surface area contributed by atoms with Gasteiger partial charge in [-0.15, -0.1) is 0 Å². The standard InChI is InChI=1S/C7H7O/c1-6-3-2-4-7(8)5-6/h3-5,8H,1H3. The van der Waals surface area contributed by atoms with Gasteiger partial charge < -0.3 is 5.11 Å². The Hall–Kier alpha value is -0.980. The maximum atomic E-state index is 8.78. The molecule has 0 unspecified atom stereocenters. The molecule has 1 N–H and O–H groups in total. The van der Waals surface area contributed by atoms with Crippen LogP contribution in [0.25, 0.3) is 0 Å². The highest BCUT2D eigenvalue weighted by atomic mass is 16.3. The van der Waals surface area contributed by atoms with Crippen molar-refractivity contribution < 1.29 is 5.11 Å². The molecule has 0 bridgehead atoms. The lowest BCUT2D eigenvalue weighted by Gasteiger charge is -1.89. The van der Waals surface area contributed by atoms with Crippen LogP contribution in [-0.2, 0) is 0 Å². The highest BCUT2D eigenvalue weighted by Gasteiger charge is 1.83. The fraction of sp³-hybridized carbons (Fsp3) is 0.143. The van der Waals surface area contributed by atoms with Gasteiger partial charge in [0.2, 0.25) is 0 Å². The lowest BCUT2D eigenvalue weighted by molar-refractivity contribution is 0.475. The number of hydrogen-bond donors (Lipinski definition) is 1.